The van der Waals surface area contributed by atoms with Gasteiger partial charge in [-0.15, -0.1) is 24.8 Å². The molecule has 5 nitrogen and oxygen atoms in total. The van der Waals surface area contributed by atoms with Crippen LogP contribution in [0.15, 0.2) is 24.4 Å². The normalized spacial score (nSPS) is 25.4. The number of hydrogen-bond acceptors (Lipinski definition) is 4. The highest BCUT2D eigenvalue weighted by molar-refractivity contribution is 5.85. The fraction of sp³-hybridized carbons (Fsp3) is 0.714. The molecule has 2 aliphatic rings. The first-order valence-corrected chi connectivity index (χ1v) is 10.2. The van der Waals surface area contributed by atoms with Gasteiger partial charge in [0.05, 0.1) is 5.92 Å². The summed E-state index contributed by atoms with van der Waals surface area (Å²) in [6.07, 6.45) is 8.27. The van der Waals surface area contributed by atoms with Gasteiger partial charge in [-0.05, 0) is 57.6 Å². The largest absolute Gasteiger partial charge is 0.357 e. The third-order valence-corrected chi connectivity index (χ3v) is 6.31. The van der Waals surface area contributed by atoms with E-state index in [-0.39, 0.29) is 42.2 Å². The van der Waals surface area contributed by atoms with Crippen LogP contribution in [-0.2, 0) is 4.79 Å². The van der Waals surface area contributed by atoms with Crippen LogP contribution < -0.4 is 10.6 Å². The fourth-order valence-corrected chi connectivity index (χ4v) is 4.56. The number of anilines is 1. The van der Waals surface area contributed by atoms with Crippen LogP contribution in [0.25, 0.3) is 0 Å². The second kappa shape index (κ2) is 11.2. The molecule has 0 radical (unpaired) electrons. The molecule has 0 bridgehead atoms. The first-order valence-electron chi connectivity index (χ1n) is 10.2. The Balaban J connectivity index is 0.00000196. The minimum atomic E-state index is -0.342. The van der Waals surface area contributed by atoms with Crippen molar-refractivity contribution in [2.24, 2.45) is 17.6 Å². The van der Waals surface area contributed by atoms with Crippen molar-refractivity contribution in [1.29, 1.82) is 0 Å². The molecule has 1 saturated carbocycles. The maximum Gasteiger partial charge on any atom is 0.227 e. The van der Waals surface area contributed by atoms with E-state index in [9.17, 15) is 4.79 Å². The molecule has 28 heavy (non-hydrogen) atoms. The van der Waals surface area contributed by atoms with Gasteiger partial charge in [0, 0.05) is 37.9 Å². The molecule has 1 aromatic rings. The highest BCUT2D eigenvalue weighted by Gasteiger charge is 2.40. The fourth-order valence-electron chi connectivity index (χ4n) is 4.56. The molecule has 2 atom stereocenters. The SMILES string of the molecule is CCN(CC1CCN(c2ccccn2)CC1)C(=O)C1CCCCC1(C)N.Cl.Cl. The zero-order valence-electron chi connectivity index (χ0n) is 17.2. The Bertz CT molecular complexity index is 591. The van der Waals surface area contributed by atoms with Crippen LogP contribution in [0.3, 0.4) is 0 Å². The molecule has 2 fully saturated rings. The number of nitrogens with two attached hydrogens (primary N) is 1. The Morgan fingerprint density at radius 2 is 1.96 bits per heavy atom. The second-order valence-electron chi connectivity index (χ2n) is 8.30. The van der Waals surface area contributed by atoms with E-state index >= 15 is 0 Å². The molecule has 1 aromatic heterocycles. The molecule has 1 aliphatic heterocycles. The van der Waals surface area contributed by atoms with Crippen LogP contribution in [0.2, 0.25) is 0 Å². The van der Waals surface area contributed by atoms with Gasteiger partial charge in [0.1, 0.15) is 5.82 Å². The van der Waals surface area contributed by atoms with Crippen LogP contribution in [0, 0.1) is 11.8 Å². The number of nitrogens with zero attached hydrogens (tertiary/aromatic N) is 3. The number of aromatic nitrogens is 1. The molecule has 1 saturated heterocycles. The number of halogens is 2. The molecule has 0 aromatic carbocycles. The van der Waals surface area contributed by atoms with Crippen molar-refractivity contribution >= 4 is 36.5 Å². The molecule has 2 N–H and O–H groups in total. The van der Waals surface area contributed by atoms with Gasteiger partial charge in [-0.2, -0.15) is 0 Å². The van der Waals surface area contributed by atoms with E-state index in [2.05, 4.69) is 34.7 Å². The van der Waals surface area contributed by atoms with E-state index in [0.717, 1.165) is 70.5 Å². The summed E-state index contributed by atoms with van der Waals surface area (Å²) in [6, 6.07) is 6.07. The summed E-state index contributed by atoms with van der Waals surface area (Å²) >= 11 is 0. The third kappa shape index (κ3) is 5.98. The summed E-state index contributed by atoms with van der Waals surface area (Å²) in [5.74, 6) is 1.91. The van der Waals surface area contributed by atoms with Crippen LogP contribution in [0.4, 0.5) is 5.82 Å². The van der Waals surface area contributed by atoms with Gasteiger partial charge in [-0.25, -0.2) is 4.98 Å². The Kier molecular flexibility index (Phi) is 10.0. The molecule has 2 heterocycles. The van der Waals surface area contributed by atoms with Gasteiger partial charge in [0.25, 0.3) is 0 Å². The van der Waals surface area contributed by atoms with Crippen molar-refractivity contribution in [2.45, 2.75) is 57.9 Å². The lowest BCUT2D eigenvalue weighted by Gasteiger charge is -2.41. The second-order valence-corrected chi connectivity index (χ2v) is 8.30. The summed E-state index contributed by atoms with van der Waals surface area (Å²) in [5, 5.41) is 0. The molecule has 3 rings (SSSR count). The predicted octanol–water partition coefficient (Wildman–Crippen LogP) is 3.90. The van der Waals surface area contributed by atoms with Crippen molar-refractivity contribution in [3.63, 3.8) is 0 Å². The summed E-state index contributed by atoms with van der Waals surface area (Å²) in [5.41, 5.74) is 6.13. The third-order valence-electron chi connectivity index (χ3n) is 6.31. The Labute approximate surface area is 182 Å². The molecular formula is C21H36Cl2N4O. The van der Waals surface area contributed by atoms with Gasteiger partial charge < -0.3 is 15.5 Å². The standard InChI is InChI=1S/C21H34N4O.2ClH/c1-3-24(20(26)18-8-4-6-12-21(18,2)22)16-17-10-14-25(15-11-17)19-9-5-7-13-23-19;;/h5,7,9,13,17-18H,3-4,6,8,10-12,14-16,22H2,1-2H3;2*1H. The van der Waals surface area contributed by atoms with Crippen molar-refractivity contribution < 1.29 is 4.79 Å². The summed E-state index contributed by atoms with van der Waals surface area (Å²) in [7, 11) is 0. The number of hydrogen-bond donors (Lipinski definition) is 1. The topological polar surface area (TPSA) is 62.5 Å². The molecule has 7 heteroatoms. The first-order chi connectivity index (χ1) is 12.5. The number of amides is 1. The van der Waals surface area contributed by atoms with Crippen molar-refractivity contribution in [1.82, 2.24) is 9.88 Å². The van der Waals surface area contributed by atoms with E-state index in [4.69, 9.17) is 5.73 Å². The first kappa shape index (κ1) is 25.0. The molecule has 160 valence electrons. The van der Waals surface area contributed by atoms with Crippen molar-refractivity contribution in [3.8, 4) is 0 Å². The lowest BCUT2D eigenvalue weighted by Crippen LogP contribution is -2.54. The Hall–Kier alpha value is -1.04. The predicted molar refractivity (Wildman–Crippen MR) is 120 cm³/mol. The van der Waals surface area contributed by atoms with Gasteiger partial charge in [0.2, 0.25) is 5.91 Å². The maximum atomic E-state index is 13.1. The number of carbonyl (C=O) groups excluding carboxylic acids is 1. The highest BCUT2D eigenvalue weighted by Crippen LogP contribution is 2.33. The number of carbonyl (C=O) groups is 1. The van der Waals surface area contributed by atoms with Crippen molar-refractivity contribution in [3.05, 3.63) is 24.4 Å². The van der Waals surface area contributed by atoms with Gasteiger partial charge in [0.15, 0.2) is 0 Å². The van der Waals surface area contributed by atoms with Crippen LogP contribution in [0.5, 0.6) is 0 Å². The zero-order valence-corrected chi connectivity index (χ0v) is 18.8. The van der Waals surface area contributed by atoms with Gasteiger partial charge in [-0.1, -0.05) is 18.9 Å². The van der Waals surface area contributed by atoms with Crippen LogP contribution >= 0.6 is 24.8 Å². The van der Waals surface area contributed by atoms with E-state index in [1.54, 1.807) is 0 Å². The Morgan fingerprint density at radius 3 is 2.54 bits per heavy atom. The molecule has 0 spiro atoms. The smallest absolute Gasteiger partial charge is 0.227 e. The van der Waals surface area contributed by atoms with E-state index in [1.807, 2.05) is 18.3 Å². The summed E-state index contributed by atoms with van der Waals surface area (Å²) in [6.45, 7) is 7.85. The lowest BCUT2D eigenvalue weighted by molar-refractivity contribution is -0.139. The van der Waals surface area contributed by atoms with E-state index in [0.29, 0.717) is 5.92 Å². The number of pyridine rings is 1. The zero-order chi connectivity index (χ0) is 18.6. The minimum absolute atomic E-state index is 0. The van der Waals surface area contributed by atoms with Gasteiger partial charge >= 0.3 is 0 Å². The molecule has 1 aliphatic carbocycles. The molecule has 1 amide bonds. The summed E-state index contributed by atoms with van der Waals surface area (Å²) in [4.78, 5) is 22.0. The summed E-state index contributed by atoms with van der Waals surface area (Å²) < 4.78 is 0. The number of piperidine rings is 1. The van der Waals surface area contributed by atoms with Gasteiger partial charge in [-0.3, -0.25) is 4.79 Å². The minimum Gasteiger partial charge on any atom is -0.357 e. The molecular weight excluding hydrogens is 395 g/mol. The van der Waals surface area contributed by atoms with E-state index < -0.39 is 0 Å². The highest BCUT2D eigenvalue weighted by atomic mass is 35.5. The number of rotatable bonds is 5. The monoisotopic (exact) mass is 430 g/mol. The van der Waals surface area contributed by atoms with Crippen LogP contribution in [0.1, 0.15) is 52.4 Å². The lowest BCUT2D eigenvalue weighted by atomic mass is 9.74. The quantitative estimate of drug-likeness (QED) is 0.768. The van der Waals surface area contributed by atoms with Crippen molar-refractivity contribution in [2.75, 3.05) is 31.1 Å². The maximum absolute atomic E-state index is 13.1. The van der Waals surface area contributed by atoms with E-state index in [1.165, 1.54) is 0 Å². The average molecular weight is 431 g/mol. The average Bonchev–Trinajstić information content (AvgIpc) is 2.66. The van der Waals surface area contributed by atoms with Crippen LogP contribution in [-0.4, -0.2) is 47.5 Å². The Morgan fingerprint density at radius 1 is 1.25 bits per heavy atom. The molecule has 2 unspecified atom stereocenters.